The normalized spacial score (nSPS) is 8.11. The molecule has 0 rings (SSSR count). The van der Waals surface area contributed by atoms with Crippen LogP contribution in [0.4, 0.5) is 0 Å². The van der Waals surface area contributed by atoms with E-state index in [1.165, 1.54) is 0 Å². The van der Waals surface area contributed by atoms with Crippen molar-refractivity contribution in [2.45, 2.75) is 11.6 Å². The van der Waals surface area contributed by atoms with Crippen LogP contribution in [-0.2, 0) is 32.4 Å². The number of carbonyl (C=O) groups excluding carboxylic acids is 1. The Labute approximate surface area is 61.6 Å². The molecule has 9 heavy (non-hydrogen) atoms. The first kappa shape index (κ1) is 8.65. The van der Waals surface area contributed by atoms with Gasteiger partial charge in [-0.3, -0.25) is 0 Å². The van der Waals surface area contributed by atoms with E-state index in [2.05, 4.69) is 3.32 Å². The maximum absolute atomic E-state index is 10.1. The van der Waals surface area contributed by atoms with E-state index in [1.54, 1.807) is 0 Å². The van der Waals surface area contributed by atoms with E-state index in [0.29, 0.717) is 0 Å². The molecule has 0 aromatic rings. The molecule has 0 aliphatic rings. The van der Waals surface area contributed by atoms with Gasteiger partial charge in [-0.25, -0.2) is 0 Å². The molecule has 5 heteroatoms. The average Bonchev–Trinajstić information content (AvgIpc) is 1.82. The van der Waals surface area contributed by atoms with Crippen LogP contribution in [-0.4, -0.2) is 17.0 Å². The van der Waals surface area contributed by atoms with Gasteiger partial charge in [0.15, 0.2) is 0 Å². The molecule has 1 N–H and O–H groups in total. The van der Waals surface area contributed by atoms with Crippen LogP contribution in [0.2, 0.25) is 4.73 Å². The zero-order chi connectivity index (χ0) is 7.28. The zero-order valence-corrected chi connectivity index (χ0v) is 6.44. The van der Waals surface area contributed by atoms with Crippen molar-refractivity contribution >= 4 is 11.9 Å². The number of aliphatic carboxylic acids is 1. The van der Waals surface area contributed by atoms with E-state index in [4.69, 9.17) is 5.11 Å². The minimum absolute atomic E-state index is 0.763. The Hall–Kier alpha value is -0.346. The third-order valence-corrected chi connectivity index (χ3v) is 1.45. The Morgan fingerprint density at radius 2 is 2.22 bits per heavy atom. The topological polar surface area (TPSA) is 63.6 Å². The number of carbonyl (C=O) groups is 2. The molecule has 0 aromatic heterocycles. The Balaban J connectivity index is 3.39. The first-order chi connectivity index (χ1) is 4.18. The van der Waals surface area contributed by atoms with Gasteiger partial charge in [-0.2, -0.15) is 0 Å². The van der Waals surface area contributed by atoms with Crippen LogP contribution in [0.1, 0.15) is 6.92 Å². The SMILES string of the molecule is C[CH2][Ti][O]C(=O)C(=O)O. The third kappa shape index (κ3) is 4.18. The van der Waals surface area contributed by atoms with Crippen molar-refractivity contribution in [1.29, 1.82) is 0 Å². The molecule has 0 aliphatic heterocycles. The summed E-state index contributed by atoms with van der Waals surface area (Å²) in [5.41, 5.74) is 0. The summed E-state index contributed by atoms with van der Waals surface area (Å²) >= 11 is -0.792. The van der Waals surface area contributed by atoms with Gasteiger partial charge in [-0.1, -0.05) is 0 Å². The molecule has 0 saturated heterocycles. The van der Waals surface area contributed by atoms with Gasteiger partial charge >= 0.3 is 61.1 Å². The summed E-state index contributed by atoms with van der Waals surface area (Å²) in [6.45, 7) is 1.84. The van der Waals surface area contributed by atoms with Crippen LogP contribution in [0.15, 0.2) is 0 Å². The molecule has 0 saturated carbocycles. The van der Waals surface area contributed by atoms with Crippen molar-refractivity contribution in [3.63, 3.8) is 0 Å². The van der Waals surface area contributed by atoms with E-state index in [1.807, 2.05) is 6.92 Å². The van der Waals surface area contributed by atoms with E-state index in [0.717, 1.165) is 4.73 Å². The van der Waals surface area contributed by atoms with Crippen LogP contribution in [0.5, 0.6) is 0 Å². The standard InChI is InChI=1S/C2H2O4.C2H5.Ti/c3-1(4)2(5)6;1-2;/h(H,3,4)(H,5,6);1H2,2H3;/q;;+1/p-1. The van der Waals surface area contributed by atoms with E-state index in [-0.39, 0.29) is 0 Å². The van der Waals surface area contributed by atoms with Gasteiger partial charge in [0.05, 0.1) is 0 Å². The molecule has 0 bridgehead atoms. The maximum atomic E-state index is 10.1. The Morgan fingerprint density at radius 1 is 1.67 bits per heavy atom. The molecule has 0 atom stereocenters. The summed E-state index contributed by atoms with van der Waals surface area (Å²) in [4.78, 5) is 19.9. The Bertz CT molecular complexity index is 122. The van der Waals surface area contributed by atoms with Gasteiger partial charge in [-0.05, 0) is 0 Å². The molecule has 0 unspecified atom stereocenters. The second kappa shape index (κ2) is 4.53. The summed E-state index contributed by atoms with van der Waals surface area (Å²) in [6.07, 6.45) is 0. The first-order valence-corrected chi connectivity index (χ1v) is 4.09. The molecular formula is C4H6O4Ti. The van der Waals surface area contributed by atoms with Crippen LogP contribution >= 0.6 is 0 Å². The monoisotopic (exact) mass is 166 g/mol. The van der Waals surface area contributed by atoms with Gasteiger partial charge in [0, 0.05) is 0 Å². The molecule has 0 aromatic carbocycles. The number of carboxylic acids is 1. The molecule has 50 valence electrons. The molecular weight excluding hydrogens is 160 g/mol. The second-order valence-electron chi connectivity index (χ2n) is 1.19. The van der Waals surface area contributed by atoms with Crippen LogP contribution in [0, 0.1) is 0 Å². The Morgan fingerprint density at radius 3 is 2.56 bits per heavy atom. The van der Waals surface area contributed by atoms with Crippen molar-refractivity contribution in [2.24, 2.45) is 0 Å². The number of rotatable bonds is 2. The fourth-order valence-corrected chi connectivity index (χ4v) is 0.748. The van der Waals surface area contributed by atoms with E-state index in [9.17, 15) is 9.59 Å². The van der Waals surface area contributed by atoms with Crippen LogP contribution in [0.3, 0.4) is 0 Å². The summed E-state index contributed by atoms with van der Waals surface area (Å²) < 4.78 is 5.10. The van der Waals surface area contributed by atoms with Gasteiger partial charge in [0.25, 0.3) is 0 Å². The molecule has 0 radical (unpaired) electrons. The predicted molar refractivity (Wildman–Crippen MR) is 24.2 cm³/mol. The number of carboxylic acid groups (broad SMARTS) is 1. The number of hydrogen-bond donors (Lipinski definition) is 1. The van der Waals surface area contributed by atoms with Gasteiger partial charge < -0.3 is 0 Å². The first-order valence-electron chi connectivity index (χ1n) is 2.35. The molecule has 0 fully saturated rings. The second-order valence-corrected chi connectivity index (χ2v) is 3.07. The quantitative estimate of drug-likeness (QED) is 0.464. The minimum atomic E-state index is -1.51. The fourth-order valence-electron chi connectivity index (χ4n) is 0.181. The van der Waals surface area contributed by atoms with Crippen LogP contribution < -0.4 is 0 Å². The molecule has 0 spiro atoms. The zero-order valence-electron chi connectivity index (χ0n) is 4.88. The van der Waals surface area contributed by atoms with Gasteiger partial charge in [-0.15, -0.1) is 0 Å². The van der Waals surface area contributed by atoms with Gasteiger partial charge in [0.1, 0.15) is 0 Å². The predicted octanol–water partition coefficient (Wildman–Crippen LogP) is 0.0499. The fraction of sp³-hybridized carbons (Fsp3) is 0.500. The van der Waals surface area contributed by atoms with Crippen molar-refractivity contribution < 1.29 is 37.6 Å². The number of hydrogen-bond acceptors (Lipinski definition) is 3. The van der Waals surface area contributed by atoms with Crippen molar-refractivity contribution in [3.8, 4) is 0 Å². The average molecular weight is 166 g/mol. The summed E-state index contributed by atoms with van der Waals surface area (Å²) in [5.74, 6) is -2.64. The third-order valence-electron chi connectivity index (χ3n) is 0.484. The molecule has 0 aliphatic carbocycles. The summed E-state index contributed by atoms with van der Waals surface area (Å²) in [7, 11) is 0. The van der Waals surface area contributed by atoms with Crippen LogP contribution in [0.25, 0.3) is 0 Å². The summed E-state index contributed by atoms with van der Waals surface area (Å²) in [5, 5.41) is 7.95. The molecule has 4 nitrogen and oxygen atoms in total. The van der Waals surface area contributed by atoms with E-state index < -0.39 is 31.5 Å². The Kier molecular flexibility index (Phi) is 4.35. The van der Waals surface area contributed by atoms with E-state index >= 15 is 0 Å². The van der Waals surface area contributed by atoms with Gasteiger partial charge in [0.2, 0.25) is 0 Å². The van der Waals surface area contributed by atoms with Crippen molar-refractivity contribution in [1.82, 2.24) is 0 Å². The van der Waals surface area contributed by atoms with Crippen molar-refractivity contribution in [3.05, 3.63) is 0 Å². The molecule has 0 heterocycles. The summed E-state index contributed by atoms with van der Waals surface area (Å²) in [6, 6.07) is 0. The molecule has 0 amide bonds. The van der Waals surface area contributed by atoms with Crippen molar-refractivity contribution in [2.75, 3.05) is 0 Å².